The number of amides is 2. The van der Waals surface area contributed by atoms with Gasteiger partial charge in [0.1, 0.15) is 0 Å². The van der Waals surface area contributed by atoms with Crippen molar-refractivity contribution >= 4 is 12.0 Å². The van der Waals surface area contributed by atoms with Crippen LogP contribution in [-0.4, -0.2) is 42.4 Å². The molecule has 0 aliphatic rings. The van der Waals surface area contributed by atoms with Gasteiger partial charge in [0.15, 0.2) is 5.69 Å². The van der Waals surface area contributed by atoms with Crippen molar-refractivity contribution in [2.24, 2.45) is 0 Å². The second-order valence-electron chi connectivity index (χ2n) is 7.45. The van der Waals surface area contributed by atoms with Crippen molar-refractivity contribution in [1.29, 1.82) is 0 Å². The first kappa shape index (κ1) is 20.0. The van der Waals surface area contributed by atoms with Crippen LogP contribution in [0.4, 0.5) is 4.79 Å². The van der Waals surface area contributed by atoms with Gasteiger partial charge in [0.2, 0.25) is 0 Å². The number of hydrogen-bond acceptors (Lipinski definition) is 5. The minimum atomic E-state index is -1.10. The van der Waals surface area contributed by atoms with Gasteiger partial charge in [0.05, 0.1) is 23.3 Å². The zero-order chi connectivity index (χ0) is 21.0. The Balaban J connectivity index is 1.98. The van der Waals surface area contributed by atoms with Gasteiger partial charge in [-0.05, 0) is 50.6 Å². The van der Waals surface area contributed by atoms with Crippen LogP contribution >= 0.6 is 0 Å². The molecule has 3 rings (SSSR count). The third-order valence-electron chi connectivity index (χ3n) is 3.85. The van der Waals surface area contributed by atoms with E-state index in [-0.39, 0.29) is 18.1 Å². The Bertz CT molecular complexity index is 1010. The van der Waals surface area contributed by atoms with Crippen LogP contribution in [0.3, 0.4) is 0 Å². The van der Waals surface area contributed by atoms with Gasteiger partial charge in [-0.2, -0.15) is 5.10 Å². The van der Waals surface area contributed by atoms with E-state index in [0.29, 0.717) is 22.6 Å². The van der Waals surface area contributed by atoms with E-state index in [1.807, 2.05) is 26.8 Å². The molecular weight excluding hydrogens is 372 g/mol. The SMILES string of the molecule is CC(C)(C)NC(=O)c1cc(-c2ccc(CNC(=O)O)cn2)n(-c2cccnc2)n1. The molecule has 3 aromatic heterocycles. The average Bonchev–Trinajstić information content (AvgIpc) is 3.12. The Kier molecular flexibility index (Phi) is 5.58. The summed E-state index contributed by atoms with van der Waals surface area (Å²) in [6.07, 6.45) is 3.79. The summed E-state index contributed by atoms with van der Waals surface area (Å²) in [4.78, 5) is 31.8. The Morgan fingerprint density at radius 1 is 1.17 bits per heavy atom. The summed E-state index contributed by atoms with van der Waals surface area (Å²) in [5.74, 6) is -0.288. The predicted molar refractivity (Wildman–Crippen MR) is 107 cm³/mol. The summed E-state index contributed by atoms with van der Waals surface area (Å²) >= 11 is 0. The lowest BCUT2D eigenvalue weighted by atomic mass is 10.1. The van der Waals surface area contributed by atoms with Crippen LogP contribution in [0.1, 0.15) is 36.8 Å². The van der Waals surface area contributed by atoms with Gasteiger partial charge in [-0.15, -0.1) is 0 Å². The fourth-order valence-corrected chi connectivity index (χ4v) is 2.61. The molecule has 2 amide bonds. The lowest BCUT2D eigenvalue weighted by Crippen LogP contribution is -2.40. The molecule has 3 aromatic rings. The van der Waals surface area contributed by atoms with E-state index in [0.717, 1.165) is 0 Å². The molecule has 150 valence electrons. The molecule has 29 heavy (non-hydrogen) atoms. The highest BCUT2D eigenvalue weighted by Crippen LogP contribution is 2.23. The highest BCUT2D eigenvalue weighted by Gasteiger charge is 2.21. The Hall–Kier alpha value is -3.75. The molecule has 3 N–H and O–H groups in total. The van der Waals surface area contributed by atoms with Gasteiger partial charge in [-0.3, -0.25) is 14.8 Å². The lowest BCUT2D eigenvalue weighted by Gasteiger charge is -2.19. The molecular formula is C20H22N6O3. The van der Waals surface area contributed by atoms with E-state index in [1.165, 1.54) is 0 Å². The minimum Gasteiger partial charge on any atom is -0.465 e. The molecule has 9 nitrogen and oxygen atoms in total. The highest BCUT2D eigenvalue weighted by molar-refractivity contribution is 5.94. The smallest absolute Gasteiger partial charge is 0.404 e. The number of rotatable bonds is 5. The van der Waals surface area contributed by atoms with E-state index in [4.69, 9.17) is 5.11 Å². The standard InChI is InChI=1S/C20H22N6O3/c1-20(2,3)24-18(27)16-9-17(26(25-16)14-5-4-8-21-12-14)15-7-6-13(10-22-15)11-23-19(28)29/h4-10,12,23H,11H2,1-3H3,(H,24,27)(H,28,29). The van der Waals surface area contributed by atoms with Crippen molar-refractivity contribution in [3.05, 3.63) is 60.2 Å². The summed E-state index contributed by atoms with van der Waals surface area (Å²) < 4.78 is 1.61. The molecule has 0 saturated heterocycles. The lowest BCUT2D eigenvalue weighted by molar-refractivity contribution is 0.0914. The van der Waals surface area contributed by atoms with Crippen LogP contribution in [0.25, 0.3) is 17.1 Å². The third kappa shape index (κ3) is 5.16. The van der Waals surface area contributed by atoms with Crippen molar-refractivity contribution in [2.75, 3.05) is 0 Å². The normalized spacial score (nSPS) is 11.1. The van der Waals surface area contributed by atoms with Gasteiger partial charge in [-0.1, -0.05) is 6.07 Å². The fourth-order valence-electron chi connectivity index (χ4n) is 2.61. The number of nitrogens with zero attached hydrogens (tertiary/aromatic N) is 4. The summed E-state index contributed by atoms with van der Waals surface area (Å²) in [6, 6.07) is 8.82. The summed E-state index contributed by atoms with van der Waals surface area (Å²) in [7, 11) is 0. The largest absolute Gasteiger partial charge is 0.465 e. The first-order chi connectivity index (χ1) is 13.7. The molecule has 0 saturated carbocycles. The van der Waals surface area contributed by atoms with Gasteiger partial charge in [0.25, 0.3) is 5.91 Å². The Labute approximate surface area is 167 Å². The minimum absolute atomic E-state index is 0.156. The molecule has 3 heterocycles. The monoisotopic (exact) mass is 394 g/mol. The van der Waals surface area contributed by atoms with Gasteiger partial charge in [-0.25, -0.2) is 9.48 Å². The Morgan fingerprint density at radius 2 is 1.97 bits per heavy atom. The van der Waals surface area contributed by atoms with Crippen molar-refractivity contribution in [3.63, 3.8) is 0 Å². The summed E-state index contributed by atoms with van der Waals surface area (Å²) in [6.45, 7) is 5.85. The average molecular weight is 394 g/mol. The summed E-state index contributed by atoms with van der Waals surface area (Å²) in [5, 5.41) is 18.4. The van der Waals surface area contributed by atoms with Crippen LogP contribution in [0, 0.1) is 0 Å². The Morgan fingerprint density at radius 3 is 2.55 bits per heavy atom. The first-order valence-corrected chi connectivity index (χ1v) is 8.98. The number of carbonyl (C=O) groups excluding carboxylic acids is 1. The van der Waals surface area contributed by atoms with Crippen molar-refractivity contribution in [2.45, 2.75) is 32.9 Å². The van der Waals surface area contributed by atoms with E-state index < -0.39 is 11.6 Å². The number of hydrogen-bond donors (Lipinski definition) is 3. The van der Waals surface area contributed by atoms with Crippen LogP contribution in [0.15, 0.2) is 48.9 Å². The maximum absolute atomic E-state index is 12.6. The van der Waals surface area contributed by atoms with Crippen LogP contribution in [0.2, 0.25) is 0 Å². The summed E-state index contributed by atoms with van der Waals surface area (Å²) in [5.41, 5.74) is 2.49. The van der Waals surface area contributed by atoms with Crippen LogP contribution in [0.5, 0.6) is 0 Å². The quantitative estimate of drug-likeness (QED) is 0.611. The molecule has 0 spiro atoms. The molecule has 9 heteroatoms. The zero-order valence-corrected chi connectivity index (χ0v) is 16.4. The molecule has 0 radical (unpaired) electrons. The number of pyridine rings is 2. The first-order valence-electron chi connectivity index (χ1n) is 8.98. The third-order valence-corrected chi connectivity index (χ3v) is 3.85. The van der Waals surface area contributed by atoms with Crippen molar-refractivity contribution in [3.8, 4) is 17.1 Å². The van der Waals surface area contributed by atoms with E-state index >= 15 is 0 Å². The number of carbonyl (C=O) groups is 2. The number of aromatic nitrogens is 4. The predicted octanol–water partition coefficient (Wildman–Crippen LogP) is 2.63. The van der Waals surface area contributed by atoms with Crippen molar-refractivity contribution < 1.29 is 14.7 Å². The van der Waals surface area contributed by atoms with E-state index in [2.05, 4.69) is 25.7 Å². The molecule has 0 atom stereocenters. The van der Waals surface area contributed by atoms with E-state index in [9.17, 15) is 9.59 Å². The maximum Gasteiger partial charge on any atom is 0.404 e. The van der Waals surface area contributed by atoms with Gasteiger partial charge < -0.3 is 15.7 Å². The van der Waals surface area contributed by atoms with Gasteiger partial charge >= 0.3 is 6.09 Å². The fraction of sp³-hybridized carbons (Fsp3) is 0.250. The zero-order valence-electron chi connectivity index (χ0n) is 16.4. The molecule has 0 unspecified atom stereocenters. The molecule has 0 bridgehead atoms. The van der Waals surface area contributed by atoms with Crippen LogP contribution < -0.4 is 10.6 Å². The number of nitrogens with one attached hydrogen (secondary N) is 2. The van der Waals surface area contributed by atoms with Gasteiger partial charge in [0, 0.05) is 24.5 Å². The second-order valence-corrected chi connectivity index (χ2v) is 7.45. The number of carboxylic acid groups (broad SMARTS) is 1. The van der Waals surface area contributed by atoms with Crippen molar-refractivity contribution in [1.82, 2.24) is 30.4 Å². The molecule has 0 fully saturated rings. The van der Waals surface area contributed by atoms with Crippen LogP contribution in [-0.2, 0) is 6.54 Å². The van der Waals surface area contributed by atoms with E-state index in [1.54, 1.807) is 47.5 Å². The molecule has 0 aromatic carbocycles. The topological polar surface area (TPSA) is 122 Å². The second kappa shape index (κ2) is 8.09. The molecule has 0 aliphatic carbocycles. The maximum atomic E-state index is 12.6. The highest BCUT2D eigenvalue weighted by atomic mass is 16.4. The molecule has 0 aliphatic heterocycles.